The van der Waals surface area contributed by atoms with E-state index >= 15 is 0 Å². The molecule has 0 saturated carbocycles. The van der Waals surface area contributed by atoms with E-state index in [-0.39, 0.29) is 23.7 Å². The summed E-state index contributed by atoms with van der Waals surface area (Å²) in [6, 6.07) is 7.99. The van der Waals surface area contributed by atoms with Crippen LogP contribution in [0.15, 0.2) is 41.2 Å². The highest BCUT2D eigenvalue weighted by Crippen LogP contribution is 2.32. The Morgan fingerprint density at radius 3 is 2.52 bits per heavy atom. The van der Waals surface area contributed by atoms with Gasteiger partial charge in [0.2, 0.25) is 5.91 Å². The van der Waals surface area contributed by atoms with Crippen LogP contribution in [0.4, 0.5) is 4.39 Å². The van der Waals surface area contributed by atoms with E-state index in [4.69, 9.17) is 0 Å². The first-order valence-electron chi connectivity index (χ1n) is 7.88. The second-order valence-corrected chi connectivity index (χ2v) is 6.17. The molecule has 2 heterocycles. The van der Waals surface area contributed by atoms with Gasteiger partial charge in [-0.2, -0.15) is 0 Å². The second-order valence-electron chi connectivity index (χ2n) is 6.17. The molecular formula is C18H18FN3O3. The van der Waals surface area contributed by atoms with E-state index in [0.717, 1.165) is 5.56 Å². The molecule has 1 saturated heterocycles. The van der Waals surface area contributed by atoms with Crippen LogP contribution in [-0.4, -0.2) is 34.8 Å². The molecule has 1 aromatic heterocycles. The van der Waals surface area contributed by atoms with Gasteiger partial charge in [0.15, 0.2) is 0 Å². The molecule has 2 N–H and O–H groups in total. The van der Waals surface area contributed by atoms with E-state index in [2.05, 4.69) is 10.3 Å². The summed E-state index contributed by atoms with van der Waals surface area (Å²) in [6.45, 7) is 1.72. The first kappa shape index (κ1) is 16.9. The van der Waals surface area contributed by atoms with Gasteiger partial charge in [0.25, 0.3) is 11.5 Å². The van der Waals surface area contributed by atoms with Crippen molar-refractivity contribution in [3.05, 3.63) is 69.4 Å². The average Bonchev–Trinajstić information content (AvgIpc) is 2.82. The van der Waals surface area contributed by atoms with E-state index in [1.54, 1.807) is 32.2 Å². The van der Waals surface area contributed by atoms with Gasteiger partial charge in [-0.25, -0.2) is 4.39 Å². The molecule has 6 nitrogen and oxygen atoms in total. The molecule has 7 heteroatoms. The number of likely N-dealkylation sites (N-methyl/N-ethyl adjacent to an activating group) is 1. The van der Waals surface area contributed by atoms with E-state index in [1.807, 2.05) is 0 Å². The summed E-state index contributed by atoms with van der Waals surface area (Å²) in [7, 11) is 1.64. The maximum absolute atomic E-state index is 13.2. The monoisotopic (exact) mass is 343 g/mol. The number of carbonyl (C=O) groups is 2. The fourth-order valence-corrected chi connectivity index (χ4v) is 3.11. The van der Waals surface area contributed by atoms with Crippen LogP contribution in [-0.2, 0) is 4.79 Å². The third-order valence-electron chi connectivity index (χ3n) is 4.41. The number of amides is 2. The van der Waals surface area contributed by atoms with Gasteiger partial charge in [0.1, 0.15) is 11.4 Å². The SMILES string of the molecule is Cc1ccc(C(=O)N[C@H]2CC(=O)N(C)[C@@H]2c2ccc(F)cc2)c(=O)[nH]1. The number of hydrogen-bond donors (Lipinski definition) is 2. The lowest BCUT2D eigenvalue weighted by molar-refractivity contribution is -0.127. The molecule has 0 spiro atoms. The summed E-state index contributed by atoms with van der Waals surface area (Å²) in [4.78, 5) is 40.6. The summed E-state index contributed by atoms with van der Waals surface area (Å²) in [5.74, 6) is -1.04. The van der Waals surface area contributed by atoms with Crippen molar-refractivity contribution in [2.75, 3.05) is 7.05 Å². The maximum Gasteiger partial charge on any atom is 0.260 e. The standard InChI is InChI=1S/C18H18FN3O3/c1-10-3-8-13(17(24)20-10)18(25)21-14-9-15(23)22(2)16(14)11-4-6-12(19)7-5-11/h3-8,14,16H,9H2,1-2H3,(H,20,24)(H,21,25)/t14-,16+/m0/s1. The Hall–Kier alpha value is -2.96. The van der Waals surface area contributed by atoms with Crippen molar-refractivity contribution in [2.45, 2.75) is 25.4 Å². The Balaban J connectivity index is 1.86. The fourth-order valence-electron chi connectivity index (χ4n) is 3.11. The zero-order valence-electron chi connectivity index (χ0n) is 13.9. The minimum atomic E-state index is -0.540. The molecule has 0 radical (unpaired) electrons. The molecule has 1 aromatic carbocycles. The highest BCUT2D eigenvalue weighted by molar-refractivity contribution is 5.94. The van der Waals surface area contributed by atoms with Gasteiger partial charge in [-0.05, 0) is 36.8 Å². The quantitative estimate of drug-likeness (QED) is 0.887. The molecule has 1 aliphatic rings. The number of H-pyrrole nitrogens is 1. The number of nitrogens with one attached hydrogen (secondary N) is 2. The van der Waals surface area contributed by atoms with Crippen LogP contribution in [0.1, 0.15) is 34.1 Å². The molecule has 1 fully saturated rings. The second kappa shape index (κ2) is 6.51. The maximum atomic E-state index is 13.2. The lowest BCUT2D eigenvalue weighted by Gasteiger charge is -2.26. The van der Waals surface area contributed by atoms with E-state index < -0.39 is 23.6 Å². The largest absolute Gasteiger partial charge is 0.346 e. The minimum absolute atomic E-state index is 0.00884. The highest BCUT2D eigenvalue weighted by atomic mass is 19.1. The molecule has 0 bridgehead atoms. The summed E-state index contributed by atoms with van der Waals surface area (Å²) >= 11 is 0. The molecule has 1 aliphatic heterocycles. The summed E-state index contributed by atoms with van der Waals surface area (Å²) in [6.07, 6.45) is 0.119. The predicted molar refractivity (Wildman–Crippen MR) is 89.6 cm³/mol. The van der Waals surface area contributed by atoms with Crippen molar-refractivity contribution in [1.29, 1.82) is 0 Å². The van der Waals surface area contributed by atoms with Crippen LogP contribution in [0.2, 0.25) is 0 Å². The van der Waals surface area contributed by atoms with Crippen LogP contribution in [0.3, 0.4) is 0 Å². The zero-order chi connectivity index (χ0) is 18.1. The van der Waals surface area contributed by atoms with Crippen molar-refractivity contribution < 1.29 is 14.0 Å². The van der Waals surface area contributed by atoms with Crippen molar-refractivity contribution in [3.63, 3.8) is 0 Å². The van der Waals surface area contributed by atoms with Gasteiger partial charge in [-0.3, -0.25) is 14.4 Å². The Morgan fingerprint density at radius 2 is 1.88 bits per heavy atom. The van der Waals surface area contributed by atoms with E-state index in [0.29, 0.717) is 5.69 Å². The molecule has 0 aliphatic carbocycles. The van der Waals surface area contributed by atoms with Gasteiger partial charge in [-0.15, -0.1) is 0 Å². The van der Waals surface area contributed by atoms with E-state index in [1.165, 1.54) is 23.1 Å². The number of nitrogens with zero attached hydrogens (tertiary/aromatic N) is 1. The van der Waals surface area contributed by atoms with Crippen LogP contribution < -0.4 is 10.9 Å². The van der Waals surface area contributed by atoms with Gasteiger partial charge in [0.05, 0.1) is 12.1 Å². The Kier molecular flexibility index (Phi) is 4.39. The number of aromatic nitrogens is 1. The Bertz CT molecular complexity index is 876. The van der Waals surface area contributed by atoms with Crippen molar-refractivity contribution in [2.24, 2.45) is 0 Å². The van der Waals surface area contributed by atoms with Crippen molar-refractivity contribution >= 4 is 11.8 Å². The fraction of sp³-hybridized carbons (Fsp3) is 0.278. The number of aromatic amines is 1. The summed E-state index contributed by atoms with van der Waals surface area (Å²) < 4.78 is 13.2. The van der Waals surface area contributed by atoms with E-state index in [9.17, 15) is 18.8 Å². The Labute approximate surface area is 143 Å². The molecule has 2 atom stereocenters. The van der Waals surface area contributed by atoms with Crippen LogP contribution in [0.25, 0.3) is 0 Å². The zero-order valence-corrected chi connectivity index (χ0v) is 13.9. The molecule has 25 heavy (non-hydrogen) atoms. The van der Waals surface area contributed by atoms with Gasteiger partial charge < -0.3 is 15.2 Å². The third-order valence-corrected chi connectivity index (χ3v) is 4.41. The molecule has 3 rings (SSSR count). The van der Waals surface area contributed by atoms with Gasteiger partial charge in [-0.1, -0.05) is 12.1 Å². The highest BCUT2D eigenvalue weighted by Gasteiger charge is 2.39. The Morgan fingerprint density at radius 1 is 1.20 bits per heavy atom. The number of aryl methyl sites for hydroxylation is 1. The molecule has 0 unspecified atom stereocenters. The number of rotatable bonds is 3. The van der Waals surface area contributed by atoms with Crippen molar-refractivity contribution in [1.82, 2.24) is 15.2 Å². The molecule has 130 valence electrons. The molecular weight excluding hydrogens is 325 g/mol. The average molecular weight is 343 g/mol. The van der Waals surface area contributed by atoms with Gasteiger partial charge in [0, 0.05) is 19.2 Å². The molecule has 2 amide bonds. The predicted octanol–water partition coefficient (Wildman–Crippen LogP) is 1.52. The number of hydrogen-bond acceptors (Lipinski definition) is 3. The number of carbonyl (C=O) groups excluding carboxylic acids is 2. The van der Waals surface area contributed by atoms with Crippen LogP contribution in [0.5, 0.6) is 0 Å². The normalized spacial score (nSPS) is 20.0. The van der Waals surface area contributed by atoms with Crippen molar-refractivity contribution in [3.8, 4) is 0 Å². The van der Waals surface area contributed by atoms with Crippen LogP contribution in [0, 0.1) is 12.7 Å². The first-order valence-corrected chi connectivity index (χ1v) is 7.88. The lowest BCUT2D eigenvalue weighted by atomic mass is 9.99. The smallest absolute Gasteiger partial charge is 0.260 e. The summed E-state index contributed by atoms with van der Waals surface area (Å²) in [5.41, 5.74) is 0.887. The number of benzene rings is 1. The van der Waals surface area contributed by atoms with Gasteiger partial charge >= 0.3 is 0 Å². The lowest BCUT2D eigenvalue weighted by Crippen LogP contribution is -2.40. The number of pyridine rings is 1. The third kappa shape index (κ3) is 3.31. The molecule has 2 aromatic rings. The minimum Gasteiger partial charge on any atom is -0.346 e. The van der Waals surface area contributed by atoms with Crippen LogP contribution >= 0.6 is 0 Å². The first-order chi connectivity index (χ1) is 11.9. The number of likely N-dealkylation sites (tertiary alicyclic amines) is 1. The summed E-state index contributed by atoms with van der Waals surface area (Å²) in [5, 5.41) is 2.76. The topological polar surface area (TPSA) is 82.3 Å². The number of halogens is 1.